The Morgan fingerprint density at radius 1 is 1.31 bits per heavy atom. The van der Waals surface area contributed by atoms with Crippen LogP contribution in [0.4, 0.5) is 5.69 Å². The van der Waals surface area contributed by atoms with Gasteiger partial charge in [0.1, 0.15) is 17.5 Å². The highest BCUT2D eigenvalue weighted by Gasteiger charge is 2.36. The molecule has 0 aliphatic carbocycles. The maximum atomic E-state index is 12.2. The molecular weight excluding hydrogens is 381 g/mol. The summed E-state index contributed by atoms with van der Waals surface area (Å²) >= 11 is 12.4. The Kier molecular flexibility index (Phi) is 5.22. The van der Waals surface area contributed by atoms with E-state index in [9.17, 15) is 14.7 Å². The quantitative estimate of drug-likeness (QED) is 0.583. The monoisotopic (exact) mass is 395 g/mol. The number of phenolic OH excluding ortho intramolecular Hbond substituents is 1. The minimum atomic E-state index is -0.908. The Balaban J connectivity index is 1.73. The van der Waals surface area contributed by atoms with Crippen LogP contribution < -0.4 is 20.9 Å². The first-order valence-corrected chi connectivity index (χ1v) is 8.35. The lowest BCUT2D eigenvalue weighted by Gasteiger charge is -2.15. The number of phenols is 1. The first kappa shape index (κ1) is 18.3. The molecule has 1 aliphatic rings. The third kappa shape index (κ3) is 3.55. The molecule has 2 aromatic rings. The number of amides is 2. The molecule has 1 aliphatic heterocycles. The van der Waals surface area contributed by atoms with Gasteiger partial charge in [-0.15, -0.1) is 0 Å². The van der Waals surface area contributed by atoms with Crippen molar-refractivity contribution in [2.75, 3.05) is 12.4 Å². The maximum absolute atomic E-state index is 12.2. The molecule has 9 heteroatoms. The third-order valence-corrected chi connectivity index (χ3v) is 4.58. The van der Waals surface area contributed by atoms with E-state index < -0.39 is 11.9 Å². The average Bonchev–Trinajstić information content (AvgIpc) is 2.95. The number of halogens is 2. The summed E-state index contributed by atoms with van der Waals surface area (Å²) in [5.41, 5.74) is 6.67. The molecule has 0 radical (unpaired) electrons. The lowest BCUT2D eigenvalue weighted by molar-refractivity contribution is -0.122. The summed E-state index contributed by atoms with van der Waals surface area (Å²) in [6.45, 7) is 0. The van der Waals surface area contributed by atoms with Crippen LogP contribution in [0.2, 0.25) is 10.0 Å². The zero-order valence-electron chi connectivity index (χ0n) is 13.6. The highest BCUT2D eigenvalue weighted by atomic mass is 35.5. The molecule has 0 saturated carbocycles. The number of benzene rings is 2. The second kappa shape index (κ2) is 7.41. The molecule has 0 spiro atoms. The fourth-order valence-electron chi connectivity index (χ4n) is 2.63. The van der Waals surface area contributed by atoms with Gasteiger partial charge in [-0.05, 0) is 17.7 Å². The molecule has 0 bridgehead atoms. The zero-order valence-corrected chi connectivity index (χ0v) is 15.1. The van der Waals surface area contributed by atoms with Crippen molar-refractivity contribution in [3.63, 3.8) is 0 Å². The number of anilines is 1. The lowest BCUT2D eigenvalue weighted by atomic mass is 10.1. The Hall–Kier alpha value is -2.48. The minimum Gasteiger partial charge on any atom is -0.508 e. The van der Waals surface area contributed by atoms with E-state index in [1.807, 2.05) is 0 Å². The van der Waals surface area contributed by atoms with E-state index in [0.717, 1.165) is 0 Å². The number of carbonyl (C=O) groups excluding carboxylic acids is 2. The van der Waals surface area contributed by atoms with Crippen molar-refractivity contribution in [2.24, 2.45) is 0 Å². The number of hydrazine groups is 1. The van der Waals surface area contributed by atoms with Gasteiger partial charge in [0, 0.05) is 11.6 Å². The van der Waals surface area contributed by atoms with Crippen LogP contribution in [0.1, 0.15) is 17.2 Å². The molecule has 1 heterocycles. The van der Waals surface area contributed by atoms with Gasteiger partial charge in [0.25, 0.3) is 0 Å². The predicted molar refractivity (Wildman–Crippen MR) is 97.5 cm³/mol. The van der Waals surface area contributed by atoms with Crippen molar-refractivity contribution in [1.82, 2.24) is 10.9 Å². The van der Waals surface area contributed by atoms with E-state index in [0.29, 0.717) is 22.6 Å². The fraction of sp³-hybridized carbons (Fsp3) is 0.176. The van der Waals surface area contributed by atoms with Crippen molar-refractivity contribution in [3.8, 4) is 11.5 Å². The van der Waals surface area contributed by atoms with Gasteiger partial charge >= 0.3 is 0 Å². The van der Waals surface area contributed by atoms with E-state index in [2.05, 4.69) is 16.2 Å². The normalized spacial score (nSPS) is 15.3. The second-order valence-electron chi connectivity index (χ2n) is 5.62. The summed E-state index contributed by atoms with van der Waals surface area (Å²) in [5.74, 6) is -0.315. The van der Waals surface area contributed by atoms with Gasteiger partial charge in [0.05, 0.1) is 29.3 Å². The van der Waals surface area contributed by atoms with Crippen LogP contribution in [0, 0.1) is 0 Å². The molecule has 2 amide bonds. The highest BCUT2D eigenvalue weighted by molar-refractivity contribution is 6.38. The molecule has 0 fully saturated rings. The van der Waals surface area contributed by atoms with Gasteiger partial charge in [0.2, 0.25) is 11.8 Å². The summed E-state index contributed by atoms with van der Waals surface area (Å²) in [7, 11) is 1.44. The van der Waals surface area contributed by atoms with Gasteiger partial charge in [0.15, 0.2) is 0 Å². The summed E-state index contributed by atoms with van der Waals surface area (Å²) in [6, 6.07) is 6.85. The van der Waals surface area contributed by atoms with Crippen molar-refractivity contribution < 1.29 is 19.4 Å². The fourth-order valence-corrected chi connectivity index (χ4v) is 3.21. The van der Waals surface area contributed by atoms with Gasteiger partial charge in [-0.2, -0.15) is 0 Å². The number of rotatable bonds is 5. The van der Waals surface area contributed by atoms with E-state index in [-0.39, 0.29) is 28.1 Å². The number of fused-ring (bicyclic) bond motifs is 1. The van der Waals surface area contributed by atoms with E-state index >= 15 is 0 Å². The lowest BCUT2D eigenvalue weighted by Crippen LogP contribution is -2.43. The van der Waals surface area contributed by atoms with Crippen molar-refractivity contribution in [3.05, 3.63) is 51.5 Å². The van der Waals surface area contributed by atoms with Gasteiger partial charge < -0.3 is 15.2 Å². The molecule has 7 nitrogen and oxygen atoms in total. The van der Waals surface area contributed by atoms with Gasteiger partial charge in [-0.25, -0.2) is 5.43 Å². The molecule has 1 atom stereocenters. The summed E-state index contributed by atoms with van der Waals surface area (Å²) in [5, 5.41) is 12.4. The smallest absolute Gasteiger partial charge is 0.248 e. The largest absolute Gasteiger partial charge is 0.508 e. The van der Waals surface area contributed by atoms with Crippen LogP contribution in [-0.4, -0.2) is 24.0 Å². The number of carbonyl (C=O) groups is 2. The van der Waals surface area contributed by atoms with Crippen LogP contribution in [0.25, 0.3) is 0 Å². The Labute approximate surface area is 159 Å². The predicted octanol–water partition coefficient (Wildman–Crippen LogP) is 2.56. The Morgan fingerprint density at radius 2 is 2.00 bits per heavy atom. The average molecular weight is 396 g/mol. The molecule has 26 heavy (non-hydrogen) atoms. The molecule has 0 saturated heterocycles. The van der Waals surface area contributed by atoms with Crippen LogP contribution >= 0.6 is 23.2 Å². The van der Waals surface area contributed by atoms with Crippen molar-refractivity contribution in [1.29, 1.82) is 0 Å². The summed E-state index contributed by atoms with van der Waals surface area (Å²) in [6.07, 6.45) is 0.0705. The van der Waals surface area contributed by atoms with Crippen LogP contribution in [-0.2, 0) is 16.0 Å². The summed E-state index contributed by atoms with van der Waals surface area (Å²) < 4.78 is 5.16. The van der Waals surface area contributed by atoms with E-state index in [4.69, 9.17) is 27.9 Å². The number of hydrogen-bond acceptors (Lipinski definition) is 5. The van der Waals surface area contributed by atoms with Crippen molar-refractivity contribution >= 4 is 40.7 Å². The standard InChI is InChI=1S/C17H15Cl2N3O4/c1-26-11-7-10(18)15-13(14(11)19)16(17(25)20-15)22-21-12(24)6-8-2-4-9(23)5-3-8/h2-5,7,16,22-23H,6H2,1H3,(H,20,25)(H,21,24). The summed E-state index contributed by atoms with van der Waals surface area (Å²) in [4.78, 5) is 24.3. The van der Waals surface area contributed by atoms with Crippen LogP contribution in [0.3, 0.4) is 0 Å². The van der Waals surface area contributed by atoms with Gasteiger partial charge in [-0.1, -0.05) is 35.3 Å². The SMILES string of the molecule is COc1cc(Cl)c2c(c1Cl)C(NNC(=O)Cc1ccc(O)cc1)C(=O)N2. The minimum absolute atomic E-state index is 0.0705. The first-order chi connectivity index (χ1) is 12.4. The van der Waals surface area contributed by atoms with Gasteiger partial charge in [-0.3, -0.25) is 15.0 Å². The number of hydrogen-bond donors (Lipinski definition) is 4. The Morgan fingerprint density at radius 3 is 2.65 bits per heavy atom. The number of methoxy groups -OCH3 is 1. The number of aromatic hydroxyl groups is 1. The zero-order chi connectivity index (χ0) is 18.8. The number of nitrogens with one attached hydrogen (secondary N) is 3. The topological polar surface area (TPSA) is 99.7 Å². The molecule has 136 valence electrons. The molecule has 2 aromatic carbocycles. The number of ether oxygens (including phenoxy) is 1. The molecule has 4 N–H and O–H groups in total. The molecular formula is C17H15Cl2N3O4. The van der Waals surface area contributed by atoms with Crippen LogP contribution in [0.5, 0.6) is 11.5 Å². The van der Waals surface area contributed by atoms with E-state index in [1.165, 1.54) is 25.3 Å². The molecule has 1 unspecified atom stereocenters. The van der Waals surface area contributed by atoms with Crippen LogP contribution in [0.15, 0.2) is 30.3 Å². The third-order valence-electron chi connectivity index (χ3n) is 3.89. The first-order valence-electron chi connectivity index (χ1n) is 7.59. The second-order valence-corrected chi connectivity index (χ2v) is 6.41. The molecule has 3 rings (SSSR count). The maximum Gasteiger partial charge on any atom is 0.248 e. The molecule has 0 aromatic heterocycles. The van der Waals surface area contributed by atoms with Crippen molar-refractivity contribution in [2.45, 2.75) is 12.5 Å². The Bertz CT molecular complexity index is 871. The van der Waals surface area contributed by atoms with E-state index in [1.54, 1.807) is 12.1 Å². The highest BCUT2D eigenvalue weighted by Crippen LogP contribution is 2.45.